The SMILES string of the molecule is CC(C)CC(N)C(=O)NC(CC(N)=O)C(=O)NC(Cc1c[nH]c2ccccc12)C(=O)NC(CC(C)C)C(=O)O. The Morgan fingerprint density at radius 2 is 1.41 bits per heavy atom. The van der Waals surface area contributed by atoms with Gasteiger partial charge in [0, 0.05) is 23.5 Å². The van der Waals surface area contributed by atoms with E-state index in [2.05, 4.69) is 20.9 Å². The van der Waals surface area contributed by atoms with E-state index >= 15 is 0 Å². The Balaban J connectivity index is 2.33. The average molecular weight is 545 g/mol. The highest BCUT2D eigenvalue weighted by molar-refractivity contribution is 5.96. The lowest BCUT2D eigenvalue weighted by molar-refractivity contribution is -0.143. The molecule has 2 rings (SSSR count). The number of carboxylic acid groups (broad SMARTS) is 1. The van der Waals surface area contributed by atoms with Gasteiger partial charge < -0.3 is 37.5 Å². The molecule has 39 heavy (non-hydrogen) atoms. The van der Waals surface area contributed by atoms with Gasteiger partial charge in [0.25, 0.3) is 0 Å². The second-order valence-electron chi connectivity index (χ2n) is 10.6. The fourth-order valence-corrected chi connectivity index (χ4v) is 4.27. The van der Waals surface area contributed by atoms with E-state index < -0.39 is 60.2 Å². The Hall–Kier alpha value is -3.93. The maximum atomic E-state index is 13.3. The second-order valence-corrected chi connectivity index (χ2v) is 10.6. The molecule has 9 N–H and O–H groups in total. The number of para-hydroxylation sites is 1. The van der Waals surface area contributed by atoms with Crippen LogP contribution in [0.25, 0.3) is 10.9 Å². The van der Waals surface area contributed by atoms with E-state index in [1.54, 1.807) is 6.20 Å². The first-order chi connectivity index (χ1) is 18.3. The summed E-state index contributed by atoms with van der Waals surface area (Å²) in [6, 6.07) is 2.70. The van der Waals surface area contributed by atoms with E-state index in [-0.39, 0.29) is 24.7 Å². The van der Waals surface area contributed by atoms with Gasteiger partial charge in [-0.2, -0.15) is 0 Å². The van der Waals surface area contributed by atoms with Crippen LogP contribution >= 0.6 is 0 Å². The van der Waals surface area contributed by atoms with Gasteiger partial charge in [0.2, 0.25) is 23.6 Å². The summed E-state index contributed by atoms with van der Waals surface area (Å²) in [5.74, 6) is -4.12. The van der Waals surface area contributed by atoms with Crippen molar-refractivity contribution in [1.82, 2.24) is 20.9 Å². The number of hydrogen-bond donors (Lipinski definition) is 7. The van der Waals surface area contributed by atoms with Crippen LogP contribution in [0.1, 0.15) is 52.5 Å². The highest BCUT2D eigenvalue weighted by Crippen LogP contribution is 2.19. The van der Waals surface area contributed by atoms with Crippen molar-refractivity contribution in [2.24, 2.45) is 23.3 Å². The predicted octanol–water partition coefficient (Wildman–Crippen LogP) is 0.544. The van der Waals surface area contributed by atoms with Gasteiger partial charge in [-0.25, -0.2) is 4.79 Å². The summed E-state index contributed by atoms with van der Waals surface area (Å²) in [4.78, 5) is 65.8. The maximum absolute atomic E-state index is 13.3. The van der Waals surface area contributed by atoms with Gasteiger partial charge in [-0.15, -0.1) is 0 Å². The van der Waals surface area contributed by atoms with Crippen molar-refractivity contribution in [2.45, 2.75) is 77.5 Å². The Morgan fingerprint density at radius 1 is 0.846 bits per heavy atom. The standard InChI is InChI=1S/C27H40N6O6/c1-14(2)9-18(28)24(35)31-21(12-23(29)34)26(37)32-20(25(36)33-22(27(38)39)10-15(3)4)11-16-13-30-19-8-6-5-7-17(16)19/h5-8,13-15,18,20-22,30H,9-12,28H2,1-4H3,(H2,29,34)(H,31,35)(H,32,37)(H,33,36)(H,38,39). The van der Waals surface area contributed by atoms with Crippen molar-refractivity contribution in [3.05, 3.63) is 36.0 Å². The molecule has 0 fully saturated rings. The fraction of sp³-hybridized carbons (Fsp3) is 0.519. The summed E-state index contributed by atoms with van der Waals surface area (Å²) in [5, 5.41) is 18.0. The van der Waals surface area contributed by atoms with Crippen LogP contribution < -0.4 is 27.4 Å². The number of H-pyrrole nitrogens is 1. The van der Waals surface area contributed by atoms with Crippen LogP contribution in [0.3, 0.4) is 0 Å². The molecule has 0 aliphatic heterocycles. The minimum Gasteiger partial charge on any atom is -0.480 e. The number of carbonyl (C=O) groups excluding carboxylic acids is 4. The lowest BCUT2D eigenvalue weighted by atomic mass is 10.0. The van der Waals surface area contributed by atoms with Crippen LogP contribution in [0.15, 0.2) is 30.5 Å². The smallest absolute Gasteiger partial charge is 0.326 e. The number of nitrogens with one attached hydrogen (secondary N) is 4. The predicted molar refractivity (Wildman–Crippen MR) is 146 cm³/mol. The van der Waals surface area contributed by atoms with Crippen LogP contribution in [0.2, 0.25) is 0 Å². The number of aliphatic carboxylic acids is 1. The molecule has 0 aliphatic carbocycles. The number of carboxylic acids is 1. The minimum atomic E-state index is -1.38. The number of nitrogens with two attached hydrogens (primary N) is 2. The van der Waals surface area contributed by atoms with Crippen molar-refractivity contribution >= 4 is 40.5 Å². The van der Waals surface area contributed by atoms with Crippen LogP contribution in [0, 0.1) is 11.8 Å². The molecule has 12 nitrogen and oxygen atoms in total. The topological polar surface area (TPSA) is 209 Å². The molecule has 0 saturated heterocycles. The Kier molecular flexibility index (Phi) is 11.5. The third-order valence-electron chi connectivity index (χ3n) is 6.15. The lowest BCUT2D eigenvalue weighted by Gasteiger charge is -2.25. The van der Waals surface area contributed by atoms with Gasteiger partial charge in [0.15, 0.2) is 0 Å². The zero-order chi connectivity index (χ0) is 29.3. The maximum Gasteiger partial charge on any atom is 0.326 e. The molecule has 2 aromatic rings. The fourth-order valence-electron chi connectivity index (χ4n) is 4.27. The minimum absolute atomic E-state index is 0.0136. The van der Waals surface area contributed by atoms with Crippen molar-refractivity contribution in [2.75, 3.05) is 0 Å². The molecule has 12 heteroatoms. The van der Waals surface area contributed by atoms with E-state index in [1.807, 2.05) is 52.0 Å². The monoisotopic (exact) mass is 544 g/mol. The molecule has 4 amide bonds. The second kappa shape index (κ2) is 14.3. The summed E-state index contributed by atoms with van der Waals surface area (Å²) >= 11 is 0. The zero-order valence-electron chi connectivity index (χ0n) is 22.8. The lowest BCUT2D eigenvalue weighted by Crippen LogP contribution is -2.58. The molecule has 1 aromatic heterocycles. The molecular weight excluding hydrogens is 504 g/mol. The quantitative estimate of drug-likeness (QED) is 0.169. The van der Waals surface area contributed by atoms with Gasteiger partial charge >= 0.3 is 5.97 Å². The third-order valence-corrected chi connectivity index (χ3v) is 6.15. The van der Waals surface area contributed by atoms with Crippen molar-refractivity contribution in [1.29, 1.82) is 0 Å². The largest absolute Gasteiger partial charge is 0.480 e. The average Bonchev–Trinajstić information content (AvgIpc) is 3.24. The summed E-state index contributed by atoms with van der Waals surface area (Å²) in [5.41, 5.74) is 12.8. The summed E-state index contributed by atoms with van der Waals surface area (Å²) < 4.78 is 0. The van der Waals surface area contributed by atoms with Gasteiger partial charge in [-0.1, -0.05) is 45.9 Å². The molecule has 0 spiro atoms. The molecule has 0 aliphatic rings. The number of fused-ring (bicyclic) bond motifs is 1. The van der Waals surface area contributed by atoms with Crippen molar-refractivity contribution in [3.63, 3.8) is 0 Å². The third kappa shape index (κ3) is 9.71. The number of carbonyl (C=O) groups is 5. The Labute approximate surface area is 227 Å². The van der Waals surface area contributed by atoms with E-state index in [9.17, 15) is 29.1 Å². The summed E-state index contributed by atoms with van der Waals surface area (Å²) in [6.07, 6.45) is 1.74. The van der Waals surface area contributed by atoms with Crippen LogP contribution in [-0.2, 0) is 30.4 Å². The number of rotatable bonds is 15. The van der Waals surface area contributed by atoms with E-state index in [0.29, 0.717) is 12.0 Å². The highest BCUT2D eigenvalue weighted by Gasteiger charge is 2.32. The number of amides is 4. The van der Waals surface area contributed by atoms with Crippen LogP contribution in [-0.4, -0.2) is 63.9 Å². The number of aromatic nitrogens is 1. The Morgan fingerprint density at radius 3 is 2.00 bits per heavy atom. The van der Waals surface area contributed by atoms with Crippen molar-refractivity contribution < 1.29 is 29.1 Å². The van der Waals surface area contributed by atoms with Crippen molar-refractivity contribution in [3.8, 4) is 0 Å². The summed E-state index contributed by atoms with van der Waals surface area (Å²) in [7, 11) is 0. The van der Waals surface area contributed by atoms with Gasteiger partial charge in [-0.3, -0.25) is 19.2 Å². The molecule has 0 bridgehead atoms. The van der Waals surface area contributed by atoms with Crippen LogP contribution in [0.5, 0.6) is 0 Å². The van der Waals surface area contributed by atoms with Crippen LogP contribution in [0.4, 0.5) is 0 Å². The molecule has 0 saturated carbocycles. The van der Waals surface area contributed by atoms with E-state index in [0.717, 1.165) is 10.9 Å². The zero-order valence-corrected chi connectivity index (χ0v) is 22.8. The highest BCUT2D eigenvalue weighted by atomic mass is 16.4. The molecule has 0 radical (unpaired) electrons. The van der Waals surface area contributed by atoms with Gasteiger partial charge in [0.05, 0.1) is 12.5 Å². The number of primary amides is 1. The van der Waals surface area contributed by atoms with Gasteiger partial charge in [0.1, 0.15) is 18.1 Å². The molecule has 4 unspecified atom stereocenters. The first-order valence-corrected chi connectivity index (χ1v) is 13.0. The van der Waals surface area contributed by atoms with E-state index in [1.165, 1.54) is 0 Å². The normalized spacial score (nSPS) is 14.4. The van der Waals surface area contributed by atoms with Gasteiger partial charge in [-0.05, 0) is 36.3 Å². The molecule has 214 valence electrons. The summed E-state index contributed by atoms with van der Waals surface area (Å²) in [6.45, 7) is 7.43. The number of hydrogen-bond acceptors (Lipinski definition) is 6. The molecule has 1 aromatic carbocycles. The molecular formula is C27H40N6O6. The number of aromatic amines is 1. The number of benzene rings is 1. The first kappa shape index (κ1) is 31.3. The first-order valence-electron chi connectivity index (χ1n) is 13.0. The molecule has 4 atom stereocenters. The van der Waals surface area contributed by atoms with E-state index in [4.69, 9.17) is 11.5 Å². The molecule has 1 heterocycles. The Bertz CT molecular complexity index is 1180.